The topological polar surface area (TPSA) is 92.3 Å². The first-order valence-corrected chi connectivity index (χ1v) is 8.73. The number of primary amides is 1. The van der Waals surface area contributed by atoms with Crippen LogP contribution in [0.15, 0.2) is 65.4 Å². The number of benzene rings is 2. The monoisotopic (exact) mass is 361 g/mol. The molecule has 2 aromatic carbocycles. The normalized spacial score (nSPS) is 11.1. The first-order chi connectivity index (χ1) is 13.1. The third-order valence-electron chi connectivity index (χ3n) is 4.63. The molecule has 0 radical (unpaired) electrons. The summed E-state index contributed by atoms with van der Waals surface area (Å²) in [6, 6.07) is 15.4. The molecule has 0 aliphatic heterocycles. The predicted molar refractivity (Wildman–Crippen MR) is 104 cm³/mol. The zero-order valence-corrected chi connectivity index (χ0v) is 14.6. The summed E-state index contributed by atoms with van der Waals surface area (Å²) in [5.74, 6) is -0.441. The quantitative estimate of drug-likeness (QED) is 0.551. The predicted octanol–water partition coefficient (Wildman–Crippen LogP) is 3.37. The molecular weight excluding hydrogens is 342 g/mol. The highest BCUT2D eigenvalue weighted by atomic mass is 16.3. The van der Waals surface area contributed by atoms with Gasteiger partial charge in [0.15, 0.2) is 0 Å². The SMILES string of the molecule is NC(=O)CN(C(=O)CCc1c[nH]c2ccccc12)c1occ2ccccc12. The van der Waals surface area contributed by atoms with Crippen molar-refractivity contribution in [2.75, 3.05) is 11.4 Å². The largest absolute Gasteiger partial charge is 0.447 e. The van der Waals surface area contributed by atoms with Gasteiger partial charge in [0.25, 0.3) is 0 Å². The Morgan fingerprint density at radius 1 is 1.04 bits per heavy atom. The van der Waals surface area contributed by atoms with Crippen LogP contribution in [0.5, 0.6) is 0 Å². The molecule has 0 bridgehead atoms. The summed E-state index contributed by atoms with van der Waals surface area (Å²) in [6.45, 7) is -0.218. The van der Waals surface area contributed by atoms with E-state index in [0.29, 0.717) is 12.3 Å². The van der Waals surface area contributed by atoms with Gasteiger partial charge in [-0.2, -0.15) is 0 Å². The molecule has 0 aliphatic carbocycles. The highest BCUT2D eigenvalue weighted by molar-refractivity contribution is 6.04. The maximum atomic E-state index is 12.9. The number of aryl methyl sites for hydroxylation is 1. The fourth-order valence-corrected chi connectivity index (χ4v) is 3.33. The fraction of sp³-hybridized carbons (Fsp3) is 0.143. The van der Waals surface area contributed by atoms with Crippen molar-refractivity contribution in [2.45, 2.75) is 12.8 Å². The summed E-state index contributed by atoms with van der Waals surface area (Å²) < 4.78 is 5.60. The highest BCUT2D eigenvalue weighted by Crippen LogP contribution is 2.29. The zero-order chi connectivity index (χ0) is 18.8. The smallest absolute Gasteiger partial charge is 0.237 e. The first kappa shape index (κ1) is 16.9. The lowest BCUT2D eigenvalue weighted by atomic mass is 10.1. The van der Waals surface area contributed by atoms with Crippen LogP contribution < -0.4 is 10.6 Å². The average molecular weight is 361 g/mol. The number of nitrogens with two attached hydrogens (primary N) is 1. The van der Waals surface area contributed by atoms with Gasteiger partial charge in [0.05, 0.1) is 0 Å². The first-order valence-electron chi connectivity index (χ1n) is 8.73. The summed E-state index contributed by atoms with van der Waals surface area (Å²) in [7, 11) is 0. The Morgan fingerprint density at radius 3 is 2.59 bits per heavy atom. The number of furan rings is 1. The summed E-state index contributed by atoms with van der Waals surface area (Å²) in [5, 5.41) is 2.74. The van der Waals surface area contributed by atoms with Crippen molar-refractivity contribution in [2.24, 2.45) is 5.73 Å². The van der Waals surface area contributed by atoms with E-state index in [0.717, 1.165) is 27.2 Å². The van der Waals surface area contributed by atoms with Crippen LogP contribution in [0.2, 0.25) is 0 Å². The molecule has 2 aromatic heterocycles. The second-order valence-corrected chi connectivity index (χ2v) is 6.43. The van der Waals surface area contributed by atoms with E-state index >= 15 is 0 Å². The molecule has 6 nitrogen and oxygen atoms in total. The van der Waals surface area contributed by atoms with Gasteiger partial charge in [-0.15, -0.1) is 0 Å². The zero-order valence-electron chi connectivity index (χ0n) is 14.6. The van der Waals surface area contributed by atoms with Crippen LogP contribution in [0.25, 0.3) is 21.7 Å². The van der Waals surface area contributed by atoms with Crippen molar-refractivity contribution in [3.05, 3.63) is 66.6 Å². The number of rotatable bonds is 6. The number of carbonyl (C=O) groups excluding carboxylic acids is 2. The number of aromatic amines is 1. The van der Waals surface area contributed by atoms with E-state index in [-0.39, 0.29) is 18.9 Å². The fourth-order valence-electron chi connectivity index (χ4n) is 3.33. The molecule has 6 heteroatoms. The van der Waals surface area contributed by atoms with Crippen molar-refractivity contribution in [1.82, 2.24) is 4.98 Å². The molecule has 2 heterocycles. The number of aromatic nitrogens is 1. The summed E-state index contributed by atoms with van der Waals surface area (Å²) in [5.41, 5.74) is 7.46. The molecule has 3 N–H and O–H groups in total. The van der Waals surface area contributed by atoms with Crippen LogP contribution in [0.1, 0.15) is 12.0 Å². The standard InChI is InChI=1S/C21H19N3O3/c22-19(25)12-24(21-17-7-2-1-5-15(17)13-27-21)20(26)10-9-14-11-23-18-8-4-3-6-16(14)18/h1-8,11,13,23H,9-10,12H2,(H2,22,25). The van der Waals surface area contributed by atoms with Crippen LogP contribution in [0.3, 0.4) is 0 Å². The maximum absolute atomic E-state index is 12.9. The van der Waals surface area contributed by atoms with Crippen molar-refractivity contribution >= 4 is 39.4 Å². The maximum Gasteiger partial charge on any atom is 0.237 e. The van der Waals surface area contributed by atoms with Crippen molar-refractivity contribution in [3.63, 3.8) is 0 Å². The van der Waals surface area contributed by atoms with Gasteiger partial charge >= 0.3 is 0 Å². The van der Waals surface area contributed by atoms with E-state index in [2.05, 4.69) is 4.98 Å². The number of para-hydroxylation sites is 1. The number of hydrogen-bond acceptors (Lipinski definition) is 3. The molecule has 0 fully saturated rings. The molecule has 2 amide bonds. The van der Waals surface area contributed by atoms with E-state index in [1.165, 1.54) is 4.90 Å². The third-order valence-corrected chi connectivity index (χ3v) is 4.63. The number of fused-ring (bicyclic) bond motifs is 2. The molecule has 0 saturated carbocycles. The Bertz CT molecular complexity index is 1130. The number of H-pyrrole nitrogens is 1. The van der Waals surface area contributed by atoms with Crippen molar-refractivity contribution in [3.8, 4) is 0 Å². The van der Waals surface area contributed by atoms with Gasteiger partial charge in [0.1, 0.15) is 12.8 Å². The molecule has 0 atom stereocenters. The van der Waals surface area contributed by atoms with Crippen molar-refractivity contribution < 1.29 is 14.0 Å². The lowest BCUT2D eigenvalue weighted by Gasteiger charge is -2.19. The third kappa shape index (κ3) is 3.29. The van der Waals surface area contributed by atoms with Gasteiger partial charge in [0.2, 0.25) is 17.7 Å². The average Bonchev–Trinajstić information content (AvgIpc) is 3.28. The van der Waals surface area contributed by atoms with E-state index in [1.807, 2.05) is 54.7 Å². The minimum absolute atomic E-state index is 0.209. The number of carbonyl (C=O) groups is 2. The highest BCUT2D eigenvalue weighted by Gasteiger charge is 2.23. The Labute approximate surface area is 155 Å². The van der Waals surface area contributed by atoms with Gasteiger partial charge in [-0.1, -0.05) is 36.4 Å². The van der Waals surface area contributed by atoms with Crippen LogP contribution in [0, 0.1) is 0 Å². The van der Waals surface area contributed by atoms with E-state index < -0.39 is 5.91 Å². The number of anilines is 1. The van der Waals surface area contributed by atoms with Crippen LogP contribution in [-0.4, -0.2) is 23.3 Å². The molecule has 4 aromatic rings. The second kappa shape index (κ2) is 6.99. The minimum atomic E-state index is -0.587. The van der Waals surface area contributed by atoms with E-state index in [1.54, 1.807) is 6.26 Å². The molecule has 136 valence electrons. The molecule has 0 aliphatic rings. The molecule has 0 saturated heterocycles. The van der Waals surface area contributed by atoms with E-state index in [9.17, 15) is 9.59 Å². The van der Waals surface area contributed by atoms with Gasteiger partial charge in [-0.25, -0.2) is 0 Å². The molecule has 4 rings (SSSR count). The summed E-state index contributed by atoms with van der Waals surface area (Å²) >= 11 is 0. The summed E-state index contributed by atoms with van der Waals surface area (Å²) in [4.78, 5) is 29.0. The molecule has 0 unspecified atom stereocenters. The Morgan fingerprint density at radius 2 is 1.78 bits per heavy atom. The summed E-state index contributed by atoms with van der Waals surface area (Å²) in [6.07, 6.45) is 4.28. The van der Waals surface area contributed by atoms with Gasteiger partial charge in [-0.3, -0.25) is 14.5 Å². The number of nitrogens with zero attached hydrogens (tertiary/aromatic N) is 1. The number of hydrogen-bond donors (Lipinski definition) is 2. The number of nitrogens with one attached hydrogen (secondary N) is 1. The number of amides is 2. The van der Waals surface area contributed by atoms with Gasteiger partial charge in [-0.05, 0) is 24.1 Å². The second-order valence-electron chi connectivity index (χ2n) is 6.43. The lowest BCUT2D eigenvalue weighted by Crippen LogP contribution is -2.38. The van der Waals surface area contributed by atoms with Gasteiger partial charge in [0, 0.05) is 34.3 Å². The van der Waals surface area contributed by atoms with Crippen LogP contribution in [-0.2, 0) is 16.0 Å². The Balaban J connectivity index is 1.59. The Hall–Kier alpha value is -3.54. The lowest BCUT2D eigenvalue weighted by molar-refractivity contribution is -0.122. The van der Waals surface area contributed by atoms with Crippen LogP contribution >= 0.6 is 0 Å². The van der Waals surface area contributed by atoms with Crippen molar-refractivity contribution in [1.29, 1.82) is 0 Å². The molecule has 27 heavy (non-hydrogen) atoms. The van der Waals surface area contributed by atoms with Gasteiger partial charge < -0.3 is 15.1 Å². The molecule has 0 spiro atoms. The molecular formula is C21H19N3O3. The van der Waals surface area contributed by atoms with E-state index in [4.69, 9.17) is 10.2 Å². The Kier molecular flexibility index (Phi) is 4.38. The minimum Gasteiger partial charge on any atom is -0.447 e. The van der Waals surface area contributed by atoms with Crippen LogP contribution in [0.4, 0.5) is 5.88 Å².